The van der Waals surface area contributed by atoms with E-state index in [0.717, 1.165) is 19.5 Å². The molecule has 2 rings (SSSR count). The lowest BCUT2D eigenvalue weighted by atomic mass is 9.67. The molecule has 1 saturated carbocycles. The van der Waals surface area contributed by atoms with Crippen molar-refractivity contribution in [3.63, 3.8) is 0 Å². The molecule has 1 fully saturated rings. The van der Waals surface area contributed by atoms with Crippen molar-refractivity contribution in [3.8, 4) is 0 Å². The van der Waals surface area contributed by atoms with Gasteiger partial charge in [-0.1, -0.05) is 6.42 Å². The number of hydrogen-bond acceptors (Lipinski definition) is 3. The third-order valence-electron chi connectivity index (χ3n) is 3.47. The molecule has 0 bridgehead atoms. The Bertz CT molecular complexity index is 280. The largest absolute Gasteiger partial charge is 0.396 e. The summed E-state index contributed by atoms with van der Waals surface area (Å²) in [4.78, 5) is 0. The summed E-state index contributed by atoms with van der Waals surface area (Å²) in [6.07, 6.45) is 4.86. The van der Waals surface area contributed by atoms with Crippen LogP contribution in [0.1, 0.15) is 31.2 Å². The van der Waals surface area contributed by atoms with Gasteiger partial charge in [-0.05, 0) is 47.1 Å². The Morgan fingerprint density at radius 3 is 2.87 bits per heavy atom. The van der Waals surface area contributed by atoms with Gasteiger partial charge in [0.1, 0.15) is 0 Å². The first kappa shape index (κ1) is 11.1. The summed E-state index contributed by atoms with van der Waals surface area (Å²) in [5.74, 6) is 0. The predicted molar refractivity (Wildman–Crippen MR) is 64.0 cm³/mol. The Morgan fingerprint density at radius 2 is 2.33 bits per heavy atom. The highest BCUT2D eigenvalue weighted by Crippen LogP contribution is 2.43. The molecule has 0 unspecified atom stereocenters. The summed E-state index contributed by atoms with van der Waals surface area (Å²) in [5, 5.41) is 16.8. The van der Waals surface area contributed by atoms with Gasteiger partial charge in [0.25, 0.3) is 0 Å². The molecule has 0 spiro atoms. The maximum atomic E-state index is 9.02. The Hall–Kier alpha value is -0.380. The number of aliphatic hydroxyl groups excluding tert-OH is 1. The van der Waals surface area contributed by atoms with Crippen molar-refractivity contribution in [1.29, 1.82) is 0 Å². The minimum Gasteiger partial charge on any atom is -0.396 e. The number of nitrogens with one attached hydrogen (secondary N) is 1. The molecule has 0 atom stereocenters. The molecule has 0 saturated heterocycles. The van der Waals surface area contributed by atoms with E-state index in [1.807, 2.05) is 0 Å². The van der Waals surface area contributed by atoms with Crippen LogP contribution in [0.4, 0.5) is 0 Å². The zero-order valence-electron chi connectivity index (χ0n) is 9.04. The van der Waals surface area contributed by atoms with Gasteiger partial charge in [0.2, 0.25) is 0 Å². The molecule has 84 valence electrons. The van der Waals surface area contributed by atoms with Crippen LogP contribution < -0.4 is 5.32 Å². The fraction of sp³-hybridized carbons (Fsp3) is 0.667. The third kappa shape index (κ3) is 2.80. The van der Waals surface area contributed by atoms with Crippen LogP contribution in [0.25, 0.3) is 0 Å². The molecule has 1 aromatic heterocycles. The summed E-state index contributed by atoms with van der Waals surface area (Å²) >= 11 is 1.75. The van der Waals surface area contributed by atoms with Crippen molar-refractivity contribution in [2.75, 3.05) is 13.2 Å². The summed E-state index contributed by atoms with van der Waals surface area (Å²) in [6.45, 7) is 2.36. The second kappa shape index (κ2) is 5.10. The topological polar surface area (TPSA) is 32.3 Å². The van der Waals surface area contributed by atoms with Crippen LogP contribution in [-0.4, -0.2) is 18.3 Å². The van der Waals surface area contributed by atoms with E-state index in [0.29, 0.717) is 12.0 Å². The Balaban J connectivity index is 1.72. The van der Waals surface area contributed by atoms with Gasteiger partial charge in [-0.25, -0.2) is 0 Å². The van der Waals surface area contributed by atoms with Crippen molar-refractivity contribution in [1.82, 2.24) is 5.32 Å². The van der Waals surface area contributed by atoms with Crippen molar-refractivity contribution in [3.05, 3.63) is 22.4 Å². The van der Waals surface area contributed by atoms with Crippen molar-refractivity contribution < 1.29 is 5.11 Å². The highest BCUT2D eigenvalue weighted by atomic mass is 32.1. The molecule has 1 heterocycles. The molecular weight excluding hydrogens is 206 g/mol. The lowest BCUT2D eigenvalue weighted by Gasteiger charge is -2.42. The van der Waals surface area contributed by atoms with Gasteiger partial charge in [0.15, 0.2) is 0 Å². The Morgan fingerprint density at radius 1 is 1.47 bits per heavy atom. The fourth-order valence-electron chi connectivity index (χ4n) is 2.29. The number of aliphatic hydroxyl groups is 1. The van der Waals surface area contributed by atoms with Crippen molar-refractivity contribution in [2.45, 2.75) is 32.2 Å². The van der Waals surface area contributed by atoms with E-state index in [1.54, 1.807) is 11.3 Å². The van der Waals surface area contributed by atoms with Gasteiger partial charge in [-0.2, -0.15) is 11.3 Å². The highest BCUT2D eigenvalue weighted by Gasteiger charge is 2.35. The van der Waals surface area contributed by atoms with E-state index >= 15 is 0 Å². The molecule has 0 aromatic carbocycles. The Labute approximate surface area is 95.3 Å². The van der Waals surface area contributed by atoms with Crippen LogP contribution in [0.15, 0.2) is 16.8 Å². The molecule has 1 aliphatic carbocycles. The van der Waals surface area contributed by atoms with E-state index in [-0.39, 0.29) is 0 Å². The minimum atomic E-state index is 0.333. The first-order chi connectivity index (χ1) is 7.35. The summed E-state index contributed by atoms with van der Waals surface area (Å²) in [5.41, 5.74) is 1.78. The first-order valence-corrected chi connectivity index (χ1v) is 6.62. The smallest absolute Gasteiger partial charge is 0.0436 e. The molecule has 2 N–H and O–H groups in total. The molecule has 2 nitrogen and oxygen atoms in total. The molecule has 0 aliphatic heterocycles. The summed E-state index contributed by atoms with van der Waals surface area (Å²) in [7, 11) is 0. The first-order valence-electron chi connectivity index (χ1n) is 5.67. The van der Waals surface area contributed by atoms with Gasteiger partial charge in [0, 0.05) is 19.7 Å². The van der Waals surface area contributed by atoms with Gasteiger partial charge in [-0.15, -0.1) is 0 Å². The van der Waals surface area contributed by atoms with Crippen LogP contribution in [0.3, 0.4) is 0 Å². The predicted octanol–water partition coefficient (Wildman–Crippen LogP) is 2.39. The minimum absolute atomic E-state index is 0.333. The van der Waals surface area contributed by atoms with Crippen LogP contribution in [-0.2, 0) is 6.54 Å². The number of rotatable bonds is 6. The fourth-order valence-corrected chi connectivity index (χ4v) is 2.96. The van der Waals surface area contributed by atoms with Gasteiger partial charge >= 0.3 is 0 Å². The molecule has 3 heteroatoms. The van der Waals surface area contributed by atoms with Crippen LogP contribution in [0.5, 0.6) is 0 Å². The standard InChI is InChI=1S/C12H19NOS/c14-6-5-12(3-1-4-12)10-13-8-11-2-7-15-9-11/h2,7,9,13-14H,1,3-6,8,10H2. The second-order valence-electron chi connectivity index (χ2n) is 4.56. The maximum Gasteiger partial charge on any atom is 0.0436 e. The normalized spacial score (nSPS) is 18.7. The van der Waals surface area contributed by atoms with Crippen molar-refractivity contribution >= 4 is 11.3 Å². The molecular formula is C12H19NOS. The lowest BCUT2D eigenvalue weighted by Crippen LogP contribution is -2.40. The SMILES string of the molecule is OCCC1(CNCc2ccsc2)CCC1. The van der Waals surface area contributed by atoms with Crippen LogP contribution in [0, 0.1) is 5.41 Å². The summed E-state index contributed by atoms with van der Waals surface area (Å²) in [6, 6.07) is 2.16. The molecule has 15 heavy (non-hydrogen) atoms. The number of thiophene rings is 1. The average molecular weight is 225 g/mol. The molecule has 0 radical (unpaired) electrons. The monoisotopic (exact) mass is 225 g/mol. The zero-order chi connectivity index (χ0) is 10.6. The second-order valence-corrected chi connectivity index (χ2v) is 5.34. The third-order valence-corrected chi connectivity index (χ3v) is 4.20. The van der Waals surface area contributed by atoms with E-state index in [4.69, 9.17) is 5.11 Å². The lowest BCUT2D eigenvalue weighted by molar-refractivity contribution is 0.0859. The van der Waals surface area contributed by atoms with Gasteiger partial charge in [0.05, 0.1) is 0 Å². The zero-order valence-corrected chi connectivity index (χ0v) is 9.85. The van der Waals surface area contributed by atoms with Crippen LogP contribution >= 0.6 is 11.3 Å². The molecule has 1 aliphatic rings. The van der Waals surface area contributed by atoms with Gasteiger partial charge < -0.3 is 10.4 Å². The van der Waals surface area contributed by atoms with Crippen molar-refractivity contribution in [2.24, 2.45) is 5.41 Å². The molecule has 1 aromatic rings. The van der Waals surface area contributed by atoms with E-state index < -0.39 is 0 Å². The summed E-state index contributed by atoms with van der Waals surface area (Å²) < 4.78 is 0. The van der Waals surface area contributed by atoms with Gasteiger partial charge in [-0.3, -0.25) is 0 Å². The van der Waals surface area contributed by atoms with Crippen LogP contribution in [0.2, 0.25) is 0 Å². The Kier molecular flexibility index (Phi) is 3.78. The highest BCUT2D eigenvalue weighted by molar-refractivity contribution is 7.07. The molecule has 0 amide bonds. The maximum absolute atomic E-state index is 9.02. The number of hydrogen-bond donors (Lipinski definition) is 2. The quantitative estimate of drug-likeness (QED) is 0.779. The van der Waals surface area contributed by atoms with E-state index in [9.17, 15) is 0 Å². The van der Waals surface area contributed by atoms with E-state index in [1.165, 1.54) is 24.8 Å². The average Bonchev–Trinajstić information content (AvgIpc) is 2.67. The van der Waals surface area contributed by atoms with E-state index in [2.05, 4.69) is 22.1 Å².